The summed E-state index contributed by atoms with van der Waals surface area (Å²) in [5.74, 6) is 0. The molecule has 2 aromatic carbocycles. The monoisotopic (exact) mass is 333 g/mol. The molecule has 4 heteroatoms. The van der Waals surface area contributed by atoms with E-state index in [2.05, 4.69) is 22.9 Å². The van der Waals surface area contributed by atoms with E-state index in [0.717, 1.165) is 33.3 Å². The van der Waals surface area contributed by atoms with E-state index >= 15 is 0 Å². The quantitative estimate of drug-likeness (QED) is 0.702. The average molecular weight is 333 g/mol. The molecule has 4 nitrogen and oxygen atoms in total. The van der Waals surface area contributed by atoms with Crippen LogP contribution in [-0.4, -0.2) is 15.3 Å². The van der Waals surface area contributed by atoms with Gasteiger partial charge in [0.2, 0.25) is 0 Å². The summed E-state index contributed by atoms with van der Waals surface area (Å²) >= 11 is 0. The maximum absolute atomic E-state index is 10.1. The molecule has 0 aliphatic rings. The lowest BCUT2D eigenvalue weighted by Gasteiger charge is -2.17. The number of fused-ring (bicyclic) bond motifs is 1. The number of nitrogens with two attached hydrogens (primary N) is 1. The van der Waals surface area contributed by atoms with Crippen LogP contribution in [0.3, 0.4) is 0 Å². The first-order valence-corrected chi connectivity index (χ1v) is 8.41. The van der Waals surface area contributed by atoms with E-state index in [1.807, 2.05) is 51.1 Å². The third-order valence-electron chi connectivity index (χ3n) is 4.64. The second-order valence-corrected chi connectivity index (χ2v) is 7.16. The van der Waals surface area contributed by atoms with E-state index in [9.17, 15) is 10.4 Å². The zero-order valence-corrected chi connectivity index (χ0v) is 14.9. The van der Waals surface area contributed by atoms with Crippen LogP contribution < -0.4 is 5.73 Å². The number of nitrogen functional groups attached to an aromatic ring is 1. The van der Waals surface area contributed by atoms with Crippen LogP contribution in [0.4, 0.5) is 5.69 Å². The van der Waals surface area contributed by atoms with Gasteiger partial charge in [-0.15, -0.1) is 0 Å². The fourth-order valence-electron chi connectivity index (χ4n) is 3.11. The zero-order valence-electron chi connectivity index (χ0n) is 14.9. The standard InChI is InChI=1S/C21H23N3O/c1-14-16(5-4-6-19(14)23)18-13-24(10-9-21(2,3)25)20-8-7-15(12-22)11-17(18)20/h4-8,11,13,25H,9-10,23H2,1-3H3. The number of anilines is 1. The van der Waals surface area contributed by atoms with Gasteiger partial charge in [-0.3, -0.25) is 0 Å². The molecular weight excluding hydrogens is 310 g/mol. The van der Waals surface area contributed by atoms with Crippen LogP contribution in [0.1, 0.15) is 31.4 Å². The first-order valence-electron chi connectivity index (χ1n) is 8.41. The Bertz CT molecular complexity index is 971. The molecule has 0 aliphatic carbocycles. The van der Waals surface area contributed by atoms with Gasteiger partial charge in [0, 0.05) is 34.9 Å². The maximum Gasteiger partial charge on any atom is 0.0991 e. The van der Waals surface area contributed by atoms with Gasteiger partial charge in [0.25, 0.3) is 0 Å². The van der Waals surface area contributed by atoms with Crippen LogP contribution in [-0.2, 0) is 6.54 Å². The minimum Gasteiger partial charge on any atom is -0.398 e. The molecule has 3 aromatic rings. The Morgan fingerprint density at radius 3 is 2.64 bits per heavy atom. The van der Waals surface area contributed by atoms with E-state index < -0.39 is 5.60 Å². The van der Waals surface area contributed by atoms with Crippen LogP contribution in [0, 0.1) is 18.3 Å². The van der Waals surface area contributed by atoms with Crippen molar-refractivity contribution in [2.24, 2.45) is 0 Å². The fourth-order valence-corrected chi connectivity index (χ4v) is 3.11. The van der Waals surface area contributed by atoms with Crippen molar-refractivity contribution >= 4 is 16.6 Å². The fraction of sp³-hybridized carbons (Fsp3) is 0.286. The highest BCUT2D eigenvalue weighted by atomic mass is 16.3. The van der Waals surface area contributed by atoms with Crippen molar-refractivity contribution in [3.05, 3.63) is 53.7 Å². The van der Waals surface area contributed by atoms with Crippen molar-refractivity contribution in [2.75, 3.05) is 5.73 Å². The normalized spacial score (nSPS) is 11.6. The molecule has 128 valence electrons. The summed E-state index contributed by atoms with van der Waals surface area (Å²) in [5.41, 5.74) is 11.0. The molecule has 0 saturated carbocycles. The van der Waals surface area contributed by atoms with E-state index in [0.29, 0.717) is 18.5 Å². The number of hydrogen-bond acceptors (Lipinski definition) is 3. The van der Waals surface area contributed by atoms with Crippen molar-refractivity contribution in [1.82, 2.24) is 4.57 Å². The highest BCUT2D eigenvalue weighted by Gasteiger charge is 2.17. The smallest absolute Gasteiger partial charge is 0.0991 e. The molecular formula is C21H23N3O. The molecule has 0 fully saturated rings. The molecule has 1 heterocycles. The van der Waals surface area contributed by atoms with Gasteiger partial charge in [-0.1, -0.05) is 12.1 Å². The molecule has 0 unspecified atom stereocenters. The van der Waals surface area contributed by atoms with Gasteiger partial charge in [-0.2, -0.15) is 5.26 Å². The third-order valence-corrected chi connectivity index (χ3v) is 4.64. The Morgan fingerprint density at radius 2 is 1.96 bits per heavy atom. The van der Waals surface area contributed by atoms with E-state index in [1.54, 1.807) is 0 Å². The Labute approximate surface area is 148 Å². The number of rotatable bonds is 4. The third kappa shape index (κ3) is 3.38. The van der Waals surface area contributed by atoms with Gasteiger partial charge in [-0.25, -0.2) is 0 Å². The Morgan fingerprint density at radius 1 is 1.20 bits per heavy atom. The average Bonchev–Trinajstić information content (AvgIpc) is 2.92. The molecule has 1 aromatic heterocycles. The lowest BCUT2D eigenvalue weighted by molar-refractivity contribution is 0.0666. The summed E-state index contributed by atoms with van der Waals surface area (Å²) in [6, 6.07) is 13.8. The SMILES string of the molecule is Cc1c(N)cccc1-c1cn(CCC(C)(C)O)c2ccc(C#N)cc12. The number of aryl methyl sites for hydroxylation is 1. The van der Waals surface area contributed by atoms with Gasteiger partial charge in [0.05, 0.1) is 17.2 Å². The first-order chi connectivity index (χ1) is 11.8. The lowest BCUT2D eigenvalue weighted by atomic mass is 9.98. The van der Waals surface area contributed by atoms with Crippen molar-refractivity contribution in [2.45, 2.75) is 39.3 Å². The number of aliphatic hydroxyl groups is 1. The molecule has 0 atom stereocenters. The first kappa shape index (κ1) is 17.1. The van der Waals surface area contributed by atoms with Crippen LogP contribution in [0.15, 0.2) is 42.6 Å². The van der Waals surface area contributed by atoms with E-state index in [1.165, 1.54) is 0 Å². The molecule has 0 aliphatic heterocycles. The highest BCUT2D eigenvalue weighted by molar-refractivity contribution is 5.98. The Hall–Kier alpha value is -2.77. The van der Waals surface area contributed by atoms with Gasteiger partial charge < -0.3 is 15.4 Å². The Balaban J connectivity index is 2.20. The predicted octanol–water partition coefficient (Wildman–Crippen LogP) is 4.23. The highest BCUT2D eigenvalue weighted by Crippen LogP contribution is 2.35. The van der Waals surface area contributed by atoms with Crippen molar-refractivity contribution in [1.29, 1.82) is 5.26 Å². The Kier molecular flexibility index (Phi) is 4.28. The number of benzene rings is 2. The van der Waals surface area contributed by atoms with Crippen molar-refractivity contribution in [3.8, 4) is 17.2 Å². The molecule has 3 N–H and O–H groups in total. The van der Waals surface area contributed by atoms with Crippen molar-refractivity contribution in [3.63, 3.8) is 0 Å². The summed E-state index contributed by atoms with van der Waals surface area (Å²) in [6.07, 6.45) is 2.74. The number of nitrogens with zero attached hydrogens (tertiary/aromatic N) is 2. The number of nitriles is 1. The molecule has 0 spiro atoms. The minimum atomic E-state index is -0.726. The van der Waals surface area contributed by atoms with Gasteiger partial charge in [0.1, 0.15) is 0 Å². The summed E-state index contributed by atoms with van der Waals surface area (Å²) in [5, 5.41) is 20.4. The second-order valence-electron chi connectivity index (χ2n) is 7.16. The molecule has 0 bridgehead atoms. The van der Waals surface area contributed by atoms with Gasteiger partial charge >= 0.3 is 0 Å². The summed E-state index contributed by atoms with van der Waals surface area (Å²) in [4.78, 5) is 0. The van der Waals surface area contributed by atoms with Gasteiger partial charge in [-0.05, 0) is 62.6 Å². The molecule has 0 saturated heterocycles. The zero-order chi connectivity index (χ0) is 18.2. The maximum atomic E-state index is 10.1. The predicted molar refractivity (Wildman–Crippen MR) is 102 cm³/mol. The van der Waals surface area contributed by atoms with Crippen molar-refractivity contribution < 1.29 is 5.11 Å². The van der Waals surface area contributed by atoms with E-state index in [-0.39, 0.29) is 0 Å². The second kappa shape index (κ2) is 6.27. The minimum absolute atomic E-state index is 0.635. The molecule has 0 radical (unpaired) electrons. The summed E-state index contributed by atoms with van der Waals surface area (Å²) < 4.78 is 2.15. The van der Waals surface area contributed by atoms with Crippen LogP contribution >= 0.6 is 0 Å². The lowest BCUT2D eigenvalue weighted by Crippen LogP contribution is -2.20. The van der Waals surface area contributed by atoms with Gasteiger partial charge in [0.15, 0.2) is 0 Å². The number of aromatic nitrogens is 1. The van der Waals surface area contributed by atoms with Crippen LogP contribution in [0.25, 0.3) is 22.0 Å². The van der Waals surface area contributed by atoms with Crippen LogP contribution in [0.2, 0.25) is 0 Å². The topological polar surface area (TPSA) is 75.0 Å². The molecule has 3 rings (SSSR count). The number of hydrogen-bond donors (Lipinski definition) is 2. The van der Waals surface area contributed by atoms with Crippen LogP contribution in [0.5, 0.6) is 0 Å². The molecule has 0 amide bonds. The largest absolute Gasteiger partial charge is 0.398 e. The summed E-state index contributed by atoms with van der Waals surface area (Å²) in [6.45, 7) is 6.34. The summed E-state index contributed by atoms with van der Waals surface area (Å²) in [7, 11) is 0. The van der Waals surface area contributed by atoms with E-state index in [4.69, 9.17) is 5.73 Å². The molecule has 25 heavy (non-hydrogen) atoms.